The van der Waals surface area contributed by atoms with E-state index in [1.807, 2.05) is 18.2 Å². The van der Waals surface area contributed by atoms with Gasteiger partial charge in [-0.15, -0.1) is 12.1 Å². The molecule has 0 heterocycles. The fourth-order valence-electron chi connectivity index (χ4n) is 0.589. The van der Waals surface area contributed by atoms with E-state index in [9.17, 15) is 0 Å². The fraction of sp³-hybridized carbons (Fsp3) is 0.250. The van der Waals surface area contributed by atoms with Gasteiger partial charge in [0.25, 0.3) is 0 Å². The topological polar surface area (TPSA) is 18.5 Å². The van der Waals surface area contributed by atoms with Crippen molar-refractivity contribution in [1.29, 1.82) is 0 Å². The Morgan fingerprint density at radius 2 is 2.17 bits per heavy atom. The Balaban J connectivity index is 0. The summed E-state index contributed by atoms with van der Waals surface area (Å²) in [5.74, 6) is 0.712. The number of hydrogen-bond acceptors (Lipinski definition) is 2. The van der Waals surface area contributed by atoms with Crippen molar-refractivity contribution in [2.75, 3.05) is 13.9 Å². The van der Waals surface area contributed by atoms with Gasteiger partial charge in [-0.25, -0.2) is 0 Å². The maximum atomic E-state index is 5.08. The molecule has 0 saturated heterocycles. The first-order valence-electron chi connectivity index (χ1n) is 3.02. The Hall–Kier alpha value is 0.226. The molecular weight excluding hydrogens is 232 g/mol. The molecule has 0 fully saturated rings. The van der Waals surface area contributed by atoms with E-state index in [1.165, 1.54) is 0 Å². The number of benzene rings is 1. The van der Waals surface area contributed by atoms with Crippen LogP contribution in [0.3, 0.4) is 0 Å². The molecule has 0 aliphatic rings. The number of rotatable bonds is 3. The fourth-order valence-corrected chi connectivity index (χ4v) is 0.589. The van der Waals surface area contributed by atoms with Crippen LogP contribution >= 0.6 is 0 Å². The first-order chi connectivity index (χ1) is 4.93. The Kier molecular flexibility index (Phi) is 11.4. The van der Waals surface area contributed by atoms with Crippen molar-refractivity contribution in [2.45, 2.75) is 0 Å². The average Bonchev–Trinajstić information content (AvgIpc) is 2.03. The molecule has 1 aromatic carbocycles. The van der Waals surface area contributed by atoms with Gasteiger partial charge in [0.05, 0.1) is 0 Å². The van der Waals surface area contributed by atoms with E-state index in [2.05, 4.69) is 6.07 Å². The summed E-state index contributed by atoms with van der Waals surface area (Å²) < 4.78 is 9.78. The maximum absolute atomic E-state index is 5.08. The van der Waals surface area contributed by atoms with Gasteiger partial charge in [-0.3, -0.25) is 0 Å². The van der Waals surface area contributed by atoms with Gasteiger partial charge in [-0.2, -0.15) is 18.2 Å². The van der Waals surface area contributed by atoms with E-state index in [-0.39, 0.29) is 46.8 Å². The molecule has 0 saturated carbocycles. The molecule has 12 heavy (non-hydrogen) atoms. The minimum atomic E-state index is 0. The van der Waals surface area contributed by atoms with Crippen LogP contribution in [-0.4, -0.2) is 37.0 Å². The van der Waals surface area contributed by atoms with E-state index < -0.39 is 0 Å². The normalized spacial score (nSPS) is 7.75. The van der Waals surface area contributed by atoms with Gasteiger partial charge in [0.2, 0.25) is 0 Å². The third kappa shape index (κ3) is 5.82. The van der Waals surface area contributed by atoms with E-state index in [0.717, 1.165) is 0 Å². The summed E-state index contributed by atoms with van der Waals surface area (Å²) in [4.78, 5) is 0. The smallest absolute Gasteiger partial charge is 1.00 e. The third-order valence-electron chi connectivity index (χ3n) is 1.01. The van der Waals surface area contributed by atoms with Crippen LogP contribution in [0.5, 0.6) is 5.75 Å². The molecule has 1 aromatic rings. The second kappa shape index (κ2) is 9.32. The Labute approximate surface area is 99.2 Å². The van der Waals surface area contributed by atoms with Crippen molar-refractivity contribution in [1.82, 2.24) is 0 Å². The van der Waals surface area contributed by atoms with Crippen LogP contribution < -0.4 is 21.7 Å². The minimum Gasteiger partial charge on any atom is -1.00 e. The van der Waals surface area contributed by atoms with Crippen LogP contribution in [0.25, 0.3) is 0 Å². The molecule has 0 spiro atoms. The molecule has 0 aromatic heterocycles. The number of methoxy groups -OCH3 is 1. The van der Waals surface area contributed by atoms with Crippen LogP contribution in [0.1, 0.15) is 0 Å². The van der Waals surface area contributed by atoms with Gasteiger partial charge in [0.1, 0.15) is 0 Å². The molecule has 62 valence electrons. The summed E-state index contributed by atoms with van der Waals surface area (Å²) in [6.45, 7) is 0.278. The van der Waals surface area contributed by atoms with Gasteiger partial charge in [-0.1, -0.05) is 0 Å². The molecule has 1 rings (SSSR count). The summed E-state index contributed by atoms with van der Waals surface area (Å²) >= 11 is 0. The zero-order valence-corrected chi connectivity index (χ0v) is 9.92. The monoisotopic (exact) mass is 240 g/mol. The molecule has 0 aliphatic carbocycles. The van der Waals surface area contributed by atoms with Crippen LogP contribution in [-0.2, 0) is 4.74 Å². The zero-order chi connectivity index (χ0) is 7.23. The van der Waals surface area contributed by atoms with Crippen LogP contribution in [0.4, 0.5) is 0 Å². The van der Waals surface area contributed by atoms with Gasteiger partial charge in [0, 0.05) is 12.9 Å². The standard InChI is InChI=1S/C8H9O2.BrH.Mg/c1-9-7-10-8-5-3-2-4-6-8;;/h2-5H,7H2,1H3;1H;/q-1;;+2/p-1. The largest absolute Gasteiger partial charge is 2.00 e. The summed E-state index contributed by atoms with van der Waals surface area (Å²) in [7, 11) is 1.59. The number of hydrogen-bond donors (Lipinski definition) is 0. The predicted octanol–water partition coefficient (Wildman–Crippen LogP) is -1.91. The summed E-state index contributed by atoms with van der Waals surface area (Å²) in [5.41, 5.74) is 0. The van der Waals surface area contributed by atoms with Gasteiger partial charge >= 0.3 is 23.1 Å². The van der Waals surface area contributed by atoms with Crippen molar-refractivity contribution in [3.63, 3.8) is 0 Å². The zero-order valence-electron chi connectivity index (χ0n) is 6.92. The van der Waals surface area contributed by atoms with Crippen molar-refractivity contribution in [3.05, 3.63) is 30.3 Å². The number of ether oxygens (including phenoxy) is 2. The summed E-state index contributed by atoms with van der Waals surface area (Å²) in [6, 6.07) is 10.3. The third-order valence-corrected chi connectivity index (χ3v) is 1.01. The molecular formula is C8H9BrMgO2. The van der Waals surface area contributed by atoms with Gasteiger partial charge in [-0.05, 0) is 0 Å². The van der Waals surface area contributed by atoms with Crippen LogP contribution in [0, 0.1) is 6.07 Å². The first-order valence-corrected chi connectivity index (χ1v) is 3.02. The second-order valence-electron chi connectivity index (χ2n) is 1.78. The summed E-state index contributed by atoms with van der Waals surface area (Å²) in [5, 5.41) is 0. The van der Waals surface area contributed by atoms with Crippen molar-refractivity contribution < 1.29 is 26.5 Å². The first kappa shape index (κ1) is 14.7. The molecule has 0 unspecified atom stereocenters. The van der Waals surface area contributed by atoms with E-state index in [1.54, 1.807) is 13.2 Å². The Bertz CT molecular complexity index is 182. The molecule has 4 heteroatoms. The van der Waals surface area contributed by atoms with Crippen LogP contribution in [0.2, 0.25) is 0 Å². The quantitative estimate of drug-likeness (QED) is 0.349. The Morgan fingerprint density at radius 1 is 1.42 bits per heavy atom. The van der Waals surface area contributed by atoms with E-state index >= 15 is 0 Å². The Morgan fingerprint density at radius 3 is 2.67 bits per heavy atom. The molecule has 0 N–H and O–H groups in total. The molecule has 0 atom stereocenters. The number of para-hydroxylation sites is 1. The minimum absolute atomic E-state index is 0. The average molecular weight is 241 g/mol. The maximum Gasteiger partial charge on any atom is 2.00 e. The molecule has 2 nitrogen and oxygen atoms in total. The van der Waals surface area contributed by atoms with Gasteiger partial charge < -0.3 is 26.5 Å². The van der Waals surface area contributed by atoms with Crippen LogP contribution in [0.15, 0.2) is 24.3 Å². The molecule has 0 aliphatic heterocycles. The number of halogens is 1. The second-order valence-corrected chi connectivity index (χ2v) is 1.78. The summed E-state index contributed by atoms with van der Waals surface area (Å²) in [6.07, 6.45) is 0. The van der Waals surface area contributed by atoms with Crippen molar-refractivity contribution in [3.8, 4) is 5.75 Å². The van der Waals surface area contributed by atoms with Crippen molar-refractivity contribution >= 4 is 23.1 Å². The molecule has 0 bridgehead atoms. The SMILES string of the molecule is COCOc1[c-]cccc1.[Br-].[Mg+2]. The van der Waals surface area contributed by atoms with E-state index in [0.29, 0.717) is 5.75 Å². The van der Waals surface area contributed by atoms with Crippen molar-refractivity contribution in [2.24, 2.45) is 0 Å². The predicted molar refractivity (Wildman–Crippen MR) is 43.5 cm³/mol. The van der Waals surface area contributed by atoms with E-state index in [4.69, 9.17) is 9.47 Å². The molecule has 0 amide bonds. The molecule has 0 radical (unpaired) electrons. The van der Waals surface area contributed by atoms with Gasteiger partial charge in [0.15, 0.2) is 6.79 Å².